The summed E-state index contributed by atoms with van der Waals surface area (Å²) in [7, 11) is 1.34. The number of hydrogen-bond acceptors (Lipinski definition) is 5. The van der Waals surface area contributed by atoms with Crippen molar-refractivity contribution in [3.05, 3.63) is 84.4 Å². The van der Waals surface area contributed by atoms with Crippen molar-refractivity contribution in [1.29, 1.82) is 0 Å². The van der Waals surface area contributed by atoms with Gasteiger partial charge in [-0.15, -0.1) is 0 Å². The molecule has 1 amide bonds. The molecule has 0 saturated carbocycles. The molecule has 0 fully saturated rings. The largest absolute Gasteiger partial charge is 0.453 e. The van der Waals surface area contributed by atoms with E-state index < -0.39 is 6.09 Å². The lowest BCUT2D eigenvalue weighted by Gasteiger charge is -2.11. The van der Waals surface area contributed by atoms with Crippen molar-refractivity contribution >= 4 is 28.5 Å². The fourth-order valence-corrected chi connectivity index (χ4v) is 2.99. The zero-order valence-corrected chi connectivity index (χ0v) is 15.9. The Kier molecular flexibility index (Phi) is 5.33. The third-order valence-corrected chi connectivity index (χ3v) is 4.48. The number of fused-ring (bicyclic) bond motifs is 1. The summed E-state index contributed by atoms with van der Waals surface area (Å²) in [5.41, 5.74) is 3.60. The molecule has 0 saturated heterocycles. The minimum atomic E-state index is -0.489. The second-order valence-electron chi connectivity index (χ2n) is 6.45. The number of nitrogens with one attached hydrogen (secondary N) is 2. The quantitative estimate of drug-likeness (QED) is 0.501. The minimum absolute atomic E-state index is 0.489. The smallest absolute Gasteiger partial charge is 0.411 e. The van der Waals surface area contributed by atoms with Gasteiger partial charge in [0.15, 0.2) is 5.82 Å². The highest BCUT2D eigenvalue weighted by molar-refractivity contribution is 5.90. The van der Waals surface area contributed by atoms with E-state index in [-0.39, 0.29) is 0 Å². The van der Waals surface area contributed by atoms with E-state index in [1.807, 2.05) is 78.9 Å². The maximum atomic E-state index is 11.3. The van der Waals surface area contributed by atoms with Crippen LogP contribution in [-0.4, -0.2) is 23.2 Å². The molecule has 0 aliphatic carbocycles. The molecule has 4 rings (SSSR count). The Morgan fingerprint density at radius 2 is 1.62 bits per heavy atom. The van der Waals surface area contributed by atoms with Crippen LogP contribution >= 0.6 is 0 Å². The summed E-state index contributed by atoms with van der Waals surface area (Å²) in [6, 6.07) is 25.4. The SMILES string of the molecule is COC(=O)Nc1ccc(CNc2nc(-c3ccccc3)nc3ccccc23)cc1. The molecule has 0 aliphatic heterocycles. The van der Waals surface area contributed by atoms with Gasteiger partial charge in [-0.3, -0.25) is 5.32 Å². The van der Waals surface area contributed by atoms with E-state index in [1.165, 1.54) is 7.11 Å². The molecule has 4 aromatic rings. The summed E-state index contributed by atoms with van der Waals surface area (Å²) < 4.78 is 4.60. The topological polar surface area (TPSA) is 76.1 Å². The van der Waals surface area contributed by atoms with Crippen LogP contribution in [0.3, 0.4) is 0 Å². The Balaban J connectivity index is 1.58. The third kappa shape index (κ3) is 4.32. The Morgan fingerprint density at radius 3 is 2.38 bits per heavy atom. The van der Waals surface area contributed by atoms with Gasteiger partial charge in [0.1, 0.15) is 5.82 Å². The van der Waals surface area contributed by atoms with E-state index in [4.69, 9.17) is 9.97 Å². The Labute approximate surface area is 168 Å². The molecular weight excluding hydrogens is 364 g/mol. The average molecular weight is 384 g/mol. The van der Waals surface area contributed by atoms with Crippen LogP contribution in [0.25, 0.3) is 22.3 Å². The van der Waals surface area contributed by atoms with Gasteiger partial charge < -0.3 is 10.1 Å². The van der Waals surface area contributed by atoms with Crippen molar-refractivity contribution in [2.75, 3.05) is 17.7 Å². The molecule has 0 aliphatic rings. The molecule has 144 valence electrons. The Morgan fingerprint density at radius 1 is 0.897 bits per heavy atom. The van der Waals surface area contributed by atoms with Crippen LogP contribution in [0, 0.1) is 0 Å². The lowest BCUT2D eigenvalue weighted by atomic mass is 10.1. The molecule has 0 atom stereocenters. The highest BCUT2D eigenvalue weighted by Crippen LogP contribution is 2.25. The van der Waals surface area contributed by atoms with Gasteiger partial charge in [-0.25, -0.2) is 14.8 Å². The van der Waals surface area contributed by atoms with E-state index in [1.54, 1.807) is 0 Å². The van der Waals surface area contributed by atoms with Crippen LogP contribution in [0.4, 0.5) is 16.3 Å². The first kappa shape index (κ1) is 18.4. The Bertz CT molecular complexity index is 1130. The van der Waals surface area contributed by atoms with Gasteiger partial charge in [-0.2, -0.15) is 0 Å². The van der Waals surface area contributed by atoms with Gasteiger partial charge in [-0.1, -0.05) is 54.6 Å². The molecule has 0 spiro atoms. The number of carbonyl (C=O) groups is 1. The molecule has 6 heteroatoms. The number of hydrogen-bond donors (Lipinski definition) is 2. The third-order valence-electron chi connectivity index (χ3n) is 4.48. The first-order chi connectivity index (χ1) is 14.2. The number of anilines is 2. The van der Waals surface area contributed by atoms with E-state index in [2.05, 4.69) is 15.4 Å². The molecular formula is C23H20N4O2. The predicted octanol–water partition coefficient (Wildman–Crippen LogP) is 5.09. The first-order valence-electron chi connectivity index (χ1n) is 9.23. The number of amides is 1. The van der Waals surface area contributed by atoms with Gasteiger partial charge in [-0.05, 0) is 29.8 Å². The van der Waals surface area contributed by atoms with Crippen LogP contribution < -0.4 is 10.6 Å². The highest BCUT2D eigenvalue weighted by atomic mass is 16.5. The van der Waals surface area contributed by atoms with Crippen molar-refractivity contribution in [3.8, 4) is 11.4 Å². The maximum absolute atomic E-state index is 11.3. The van der Waals surface area contributed by atoms with Crippen molar-refractivity contribution in [2.45, 2.75) is 6.54 Å². The number of carbonyl (C=O) groups excluding carboxylic acids is 1. The van der Waals surface area contributed by atoms with Gasteiger partial charge >= 0.3 is 6.09 Å². The van der Waals surface area contributed by atoms with Gasteiger partial charge in [0.25, 0.3) is 0 Å². The number of para-hydroxylation sites is 1. The molecule has 1 heterocycles. The summed E-state index contributed by atoms with van der Waals surface area (Å²) in [4.78, 5) is 20.8. The molecule has 6 nitrogen and oxygen atoms in total. The van der Waals surface area contributed by atoms with E-state index in [0.717, 1.165) is 27.8 Å². The van der Waals surface area contributed by atoms with Crippen molar-refractivity contribution < 1.29 is 9.53 Å². The summed E-state index contributed by atoms with van der Waals surface area (Å²) >= 11 is 0. The molecule has 0 unspecified atom stereocenters. The number of benzene rings is 3. The molecule has 0 bridgehead atoms. The fourth-order valence-electron chi connectivity index (χ4n) is 2.99. The standard InChI is InChI=1S/C23H20N4O2/c1-29-23(28)25-18-13-11-16(12-14-18)15-24-22-19-9-5-6-10-20(19)26-21(27-22)17-7-3-2-4-8-17/h2-14H,15H2,1H3,(H,25,28)(H,24,26,27). The number of rotatable bonds is 5. The number of ether oxygens (including phenoxy) is 1. The molecule has 0 radical (unpaired) electrons. The molecule has 1 aromatic heterocycles. The first-order valence-corrected chi connectivity index (χ1v) is 9.23. The summed E-state index contributed by atoms with van der Waals surface area (Å²) in [6.07, 6.45) is -0.489. The number of aromatic nitrogens is 2. The van der Waals surface area contributed by atoms with Gasteiger partial charge in [0, 0.05) is 23.2 Å². The molecule has 29 heavy (non-hydrogen) atoms. The van der Waals surface area contributed by atoms with E-state index in [9.17, 15) is 4.79 Å². The summed E-state index contributed by atoms with van der Waals surface area (Å²) in [5, 5.41) is 7.03. The maximum Gasteiger partial charge on any atom is 0.411 e. The average Bonchev–Trinajstić information content (AvgIpc) is 2.78. The van der Waals surface area contributed by atoms with Crippen LogP contribution in [0.15, 0.2) is 78.9 Å². The second-order valence-corrected chi connectivity index (χ2v) is 6.45. The Hall–Kier alpha value is -3.93. The predicted molar refractivity (Wildman–Crippen MR) is 115 cm³/mol. The zero-order chi connectivity index (χ0) is 20.1. The lowest BCUT2D eigenvalue weighted by Crippen LogP contribution is -2.11. The van der Waals surface area contributed by atoms with Crippen LogP contribution in [-0.2, 0) is 11.3 Å². The lowest BCUT2D eigenvalue weighted by molar-refractivity contribution is 0.187. The highest BCUT2D eigenvalue weighted by Gasteiger charge is 2.09. The van der Waals surface area contributed by atoms with Crippen LogP contribution in [0.2, 0.25) is 0 Å². The van der Waals surface area contributed by atoms with Crippen LogP contribution in [0.1, 0.15) is 5.56 Å². The van der Waals surface area contributed by atoms with Crippen molar-refractivity contribution in [3.63, 3.8) is 0 Å². The van der Waals surface area contributed by atoms with Gasteiger partial charge in [0.05, 0.1) is 12.6 Å². The summed E-state index contributed by atoms with van der Waals surface area (Å²) in [6.45, 7) is 0.591. The van der Waals surface area contributed by atoms with E-state index >= 15 is 0 Å². The number of nitrogens with zero attached hydrogens (tertiary/aromatic N) is 2. The summed E-state index contributed by atoms with van der Waals surface area (Å²) in [5.74, 6) is 1.47. The second kappa shape index (κ2) is 8.39. The monoisotopic (exact) mass is 384 g/mol. The molecule has 2 N–H and O–H groups in total. The zero-order valence-electron chi connectivity index (χ0n) is 15.9. The van der Waals surface area contributed by atoms with E-state index in [0.29, 0.717) is 18.1 Å². The number of methoxy groups -OCH3 is 1. The van der Waals surface area contributed by atoms with Crippen LogP contribution in [0.5, 0.6) is 0 Å². The minimum Gasteiger partial charge on any atom is -0.453 e. The van der Waals surface area contributed by atoms with Crippen molar-refractivity contribution in [2.24, 2.45) is 0 Å². The van der Waals surface area contributed by atoms with Crippen molar-refractivity contribution in [1.82, 2.24) is 9.97 Å². The molecule has 3 aromatic carbocycles. The van der Waals surface area contributed by atoms with Gasteiger partial charge in [0.2, 0.25) is 0 Å². The fraction of sp³-hybridized carbons (Fsp3) is 0.0870. The normalized spacial score (nSPS) is 10.5.